The summed E-state index contributed by atoms with van der Waals surface area (Å²) in [5.41, 5.74) is 1.11. The van der Waals surface area contributed by atoms with Crippen LogP contribution in [0.5, 0.6) is 0 Å². The molecule has 39 heavy (non-hydrogen) atoms. The molecule has 0 saturated carbocycles. The maximum absolute atomic E-state index is 15.1. The quantitative estimate of drug-likeness (QED) is 0.288. The standard InChI is InChI=1S/C26H26FN9O3/c1-2-23(38)31-18-5-6-28-22(14-18)36-16-30-25(39)19-15-29-26(33-24(19)36)32-17-3-4-21(20(27)13-17)35-9-7-34(8-10-35)11-12-37/h2-6,13-16,37H,1,7-12H2,(H,28,31,38)(H,29,32,33). The van der Waals surface area contributed by atoms with Gasteiger partial charge in [0, 0.05) is 62.6 Å². The molecule has 0 bridgehead atoms. The highest BCUT2D eigenvalue weighted by atomic mass is 19.1. The Morgan fingerprint density at radius 2 is 1.92 bits per heavy atom. The highest BCUT2D eigenvalue weighted by Crippen LogP contribution is 2.26. The lowest BCUT2D eigenvalue weighted by atomic mass is 10.2. The van der Waals surface area contributed by atoms with Gasteiger partial charge in [-0.3, -0.25) is 19.1 Å². The molecule has 0 atom stereocenters. The molecule has 1 aliphatic rings. The molecule has 4 aromatic rings. The molecule has 0 radical (unpaired) electrons. The Hall–Kier alpha value is -4.75. The lowest BCUT2D eigenvalue weighted by molar-refractivity contribution is -0.111. The normalized spacial score (nSPS) is 13.8. The van der Waals surface area contributed by atoms with E-state index < -0.39 is 5.56 Å². The number of rotatable bonds is 8. The SMILES string of the molecule is C=CC(=O)Nc1ccnc(-n2cnc(=O)c3cnc(Nc4ccc(N5CCN(CCO)CC5)c(F)c4)nc32)c1. The van der Waals surface area contributed by atoms with Gasteiger partial charge in [0.1, 0.15) is 23.3 Å². The first-order valence-electron chi connectivity index (χ1n) is 12.2. The first-order valence-corrected chi connectivity index (χ1v) is 12.2. The zero-order valence-corrected chi connectivity index (χ0v) is 20.9. The van der Waals surface area contributed by atoms with Gasteiger partial charge in [0.25, 0.3) is 5.56 Å². The second kappa shape index (κ2) is 11.3. The van der Waals surface area contributed by atoms with Crippen LogP contribution in [0.15, 0.2) is 66.5 Å². The van der Waals surface area contributed by atoms with Crippen LogP contribution >= 0.6 is 0 Å². The van der Waals surface area contributed by atoms with E-state index in [-0.39, 0.29) is 35.3 Å². The van der Waals surface area contributed by atoms with E-state index in [1.807, 2.05) is 4.90 Å². The molecule has 12 nitrogen and oxygen atoms in total. The number of piperazine rings is 1. The smallest absolute Gasteiger partial charge is 0.283 e. The molecule has 0 unspecified atom stereocenters. The van der Waals surface area contributed by atoms with Crippen molar-refractivity contribution in [1.29, 1.82) is 0 Å². The Labute approximate surface area is 222 Å². The van der Waals surface area contributed by atoms with Gasteiger partial charge in [0.15, 0.2) is 5.65 Å². The molecule has 3 N–H and O–H groups in total. The number of anilines is 4. The fraction of sp³-hybridized carbons (Fsp3) is 0.231. The van der Waals surface area contributed by atoms with Crippen molar-refractivity contribution in [1.82, 2.24) is 29.4 Å². The summed E-state index contributed by atoms with van der Waals surface area (Å²) in [6.07, 6.45) is 5.28. The summed E-state index contributed by atoms with van der Waals surface area (Å²) in [7, 11) is 0. The van der Waals surface area contributed by atoms with Gasteiger partial charge in [0.2, 0.25) is 11.9 Å². The van der Waals surface area contributed by atoms with Crippen LogP contribution in [0.25, 0.3) is 16.9 Å². The van der Waals surface area contributed by atoms with Crippen LogP contribution in [-0.4, -0.2) is 79.7 Å². The van der Waals surface area contributed by atoms with Crippen molar-refractivity contribution in [3.63, 3.8) is 0 Å². The van der Waals surface area contributed by atoms with Crippen molar-refractivity contribution in [3.8, 4) is 5.82 Å². The van der Waals surface area contributed by atoms with Crippen molar-refractivity contribution in [3.05, 3.63) is 77.9 Å². The summed E-state index contributed by atoms with van der Waals surface area (Å²) < 4.78 is 16.5. The monoisotopic (exact) mass is 531 g/mol. The second-order valence-corrected chi connectivity index (χ2v) is 8.79. The third-order valence-electron chi connectivity index (χ3n) is 6.30. The van der Waals surface area contributed by atoms with Crippen molar-refractivity contribution < 1.29 is 14.3 Å². The van der Waals surface area contributed by atoms with Crippen LogP contribution in [0.4, 0.5) is 27.4 Å². The third kappa shape index (κ3) is 5.73. The number of hydrogen-bond donors (Lipinski definition) is 3. The molecule has 200 valence electrons. The molecule has 4 heterocycles. The van der Waals surface area contributed by atoms with Crippen molar-refractivity contribution in [2.75, 3.05) is 54.9 Å². The van der Waals surface area contributed by atoms with E-state index >= 15 is 4.39 Å². The molecule has 1 amide bonds. The number of carbonyl (C=O) groups is 1. The van der Waals surface area contributed by atoms with E-state index in [1.54, 1.807) is 24.3 Å². The number of aliphatic hydroxyl groups excluding tert-OH is 1. The van der Waals surface area contributed by atoms with Crippen molar-refractivity contribution in [2.45, 2.75) is 0 Å². The molecule has 0 aliphatic carbocycles. The van der Waals surface area contributed by atoms with Gasteiger partial charge < -0.3 is 20.6 Å². The summed E-state index contributed by atoms with van der Waals surface area (Å²) in [5.74, 6) is -0.276. The summed E-state index contributed by atoms with van der Waals surface area (Å²) in [4.78, 5) is 45.1. The molecule has 1 aromatic carbocycles. The van der Waals surface area contributed by atoms with Gasteiger partial charge in [-0.1, -0.05) is 6.58 Å². The second-order valence-electron chi connectivity index (χ2n) is 8.79. The Morgan fingerprint density at radius 1 is 1.10 bits per heavy atom. The number of nitrogens with zero attached hydrogens (tertiary/aromatic N) is 7. The molecule has 5 rings (SSSR count). The maximum Gasteiger partial charge on any atom is 0.283 e. The average molecular weight is 532 g/mol. The number of aromatic nitrogens is 5. The third-order valence-corrected chi connectivity index (χ3v) is 6.30. The Balaban J connectivity index is 1.40. The molecular weight excluding hydrogens is 505 g/mol. The maximum atomic E-state index is 15.1. The van der Waals surface area contributed by atoms with E-state index in [2.05, 4.69) is 42.0 Å². The van der Waals surface area contributed by atoms with Gasteiger partial charge in [-0.2, -0.15) is 9.97 Å². The lowest BCUT2D eigenvalue weighted by Gasteiger charge is -2.36. The zero-order chi connectivity index (χ0) is 27.4. The first kappa shape index (κ1) is 25.9. The number of fused-ring (bicyclic) bond motifs is 1. The lowest BCUT2D eigenvalue weighted by Crippen LogP contribution is -2.47. The van der Waals surface area contributed by atoms with Gasteiger partial charge in [-0.05, 0) is 30.3 Å². The van der Waals surface area contributed by atoms with Crippen LogP contribution in [0.3, 0.4) is 0 Å². The van der Waals surface area contributed by atoms with Crippen LogP contribution in [0, 0.1) is 5.82 Å². The molecular formula is C26H26FN9O3. The van der Waals surface area contributed by atoms with E-state index in [0.717, 1.165) is 19.2 Å². The average Bonchev–Trinajstić information content (AvgIpc) is 2.94. The van der Waals surface area contributed by atoms with Crippen LogP contribution < -0.4 is 21.1 Å². The zero-order valence-electron chi connectivity index (χ0n) is 20.9. The molecule has 13 heteroatoms. The predicted molar refractivity (Wildman–Crippen MR) is 145 cm³/mol. The molecule has 3 aromatic heterocycles. The topological polar surface area (TPSA) is 141 Å². The molecule has 0 spiro atoms. The number of benzene rings is 1. The fourth-order valence-corrected chi connectivity index (χ4v) is 4.31. The largest absolute Gasteiger partial charge is 0.395 e. The number of carbonyl (C=O) groups excluding carboxylic acids is 1. The van der Waals surface area contributed by atoms with E-state index in [1.165, 1.54) is 29.4 Å². The first-order chi connectivity index (χ1) is 18.9. The predicted octanol–water partition coefficient (Wildman–Crippen LogP) is 1.69. The minimum atomic E-state index is -0.515. The van der Waals surface area contributed by atoms with Gasteiger partial charge >= 0.3 is 0 Å². The number of pyridine rings is 1. The number of aliphatic hydroxyl groups is 1. The number of amides is 1. The molecule has 1 aliphatic heterocycles. The van der Waals surface area contributed by atoms with Gasteiger partial charge in [-0.15, -0.1) is 0 Å². The highest BCUT2D eigenvalue weighted by molar-refractivity contribution is 5.99. The van der Waals surface area contributed by atoms with E-state index in [4.69, 9.17) is 5.11 Å². The van der Waals surface area contributed by atoms with Crippen LogP contribution in [-0.2, 0) is 4.79 Å². The Bertz CT molecular complexity index is 1580. The van der Waals surface area contributed by atoms with E-state index in [0.29, 0.717) is 42.5 Å². The minimum absolute atomic E-state index is 0.106. The molecule has 1 fully saturated rings. The van der Waals surface area contributed by atoms with E-state index in [9.17, 15) is 9.59 Å². The number of β-amino-alcohol motifs (C(OH)–C–C–N with tert-alkyl or cyclic N) is 1. The number of hydrogen-bond acceptors (Lipinski definition) is 10. The van der Waals surface area contributed by atoms with Crippen LogP contribution in [0.1, 0.15) is 0 Å². The van der Waals surface area contributed by atoms with Crippen molar-refractivity contribution >= 4 is 40.0 Å². The van der Waals surface area contributed by atoms with Crippen LogP contribution in [0.2, 0.25) is 0 Å². The Kier molecular flexibility index (Phi) is 7.52. The van der Waals surface area contributed by atoms with Crippen molar-refractivity contribution in [2.24, 2.45) is 0 Å². The number of halogens is 1. The minimum Gasteiger partial charge on any atom is -0.395 e. The Morgan fingerprint density at radius 3 is 2.67 bits per heavy atom. The summed E-state index contributed by atoms with van der Waals surface area (Å²) in [6, 6.07) is 8.01. The fourth-order valence-electron chi connectivity index (χ4n) is 4.31. The van der Waals surface area contributed by atoms with Gasteiger partial charge in [-0.25, -0.2) is 14.4 Å². The summed E-state index contributed by atoms with van der Waals surface area (Å²) >= 11 is 0. The van der Waals surface area contributed by atoms with Gasteiger partial charge in [0.05, 0.1) is 12.3 Å². The summed E-state index contributed by atoms with van der Waals surface area (Å²) in [6.45, 7) is 6.98. The number of nitrogens with one attached hydrogen (secondary N) is 2. The summed E-state index contributed by atoms with van der Waals surface area (Å²) in [5, 5.41) is 14.9. The highest BCUT2D eigenvalue weighted by Gasteiger charge is 2.19. The molecule has 1 saturated heterocycles.